The third kappa shape index (κ3) is 3.98. The molecule has 0 aromatic heterocycles. The molecule has 9 heteroatoms. The highest BCUT2D eigenvalue weighted by molar-refractivity contribution is 8.28. The summed E-state index contributed by atoms with van der Waals surface area (Å²) in [5, 5.41) is 6.64. The predicted octanol–water partition coefficient (Wildman–Crippen LogP) is 3.98. The van der Waals surface area contributed by atoms with Crippen molar-refractivity contribution in [3.05, 3.63) is 40.9 Å². The third-order valence-electron chi connectivity index (χ3n) is 4.41. The van der Waals surface area contributed by atoms with Crippen LogP contribution in [-0.4, -0.2) is 46.5 Å². The lowest BCUT2D eigenvalue weighted by Gasteiger charge is -2.39. The van der Waals surface area contributed by atoms with E-state index in [1.54, 1.807) is 18.9 Å². The molecule has 1 atom stereocenters. The number of ether oxygens (including phenoxy) is 2. The monoisotopic (exact) mass is 435 g/mol. The van der Waals surface area contributed by atoms with Gasteiger partial charge in [0.05, 0.1) is 18.9 Å². The maximum Gasteiger partial charge on any atom is 0.365 e. The van der Waals surface area contributed by atoms with Gasteiger partial charge in [0.2, 0.25) is 9.37 Å². The lowest BCUT2D eigenvalue weighted by atomic mass is 10.2. The van der Waals surface area contributed by atoms with Gasteiger partial charge < -0.3 is 14.4 Å². The Balaban J connectivity index is 2.04. The van der Waals surface area contributed by atoms with Crippen LogP contribution in [0.4, 0.5) is 5.69 Å². The summed E-state index contributed by atoms with van der Waals surface area (Å²) in [6.45, 7) is 6.20. The minimum atomic E-state index is -0.837. The van der Waals surface area contributed by atoms with Gasteiger partial charge in [-0.15, -0.1) is 0 Å². The van der Waals surface area contributed by atoms with Crippen molar-refractivity contribution in [1.82, 2.24) is 4.90 Å². The number of thioether (sulfide) groups is 2. The maximum absolute atomic E-state index is 12.7. The second-order valence-electron chi connectivity index (χ2n) is 6.33. The van der Waals surface area contributed by atoms with Crippen LogP contribution in [0.2, 0.25) is 0 Å². The SMILES string of the molecule is CCCC1=C(C(=O)OCC)S[C@@]2(SC(C(=O)OCC)=NN2c2ccccc2)N1C. The number of benzene rings is 1. The smallest absolute Gasteiger partial charge is 0.365 e. The van der Waals surface area contributed by atoms with Gasteiger partial charge in [0.15, 0.2) is 0 Å². The summed E-state index contributed by atoms with van der Waals surface area (Å²) >= 11 is 2.65. The molecule has 7 nitrogen and oxygen atoms in total. The van der Waals surface area contributed by atoms with E-state index in [0.717, 1.165) is 24.2 Å². The van der Waals surface area contributed by atoms with Gasteiger partial charge >= 0.3 is 11.9 Å². The molecule has 0 amide bonds. The molecule has 1 spiro atoms. The molecule has 0 radical (unpaired) electrons. The van der Waals surface area contributed by atoms with Crippen LogP contribution in [0.25, 0.3) is 0 Å². The zero-order valence-corrected chi connectivity index (χ0v) is 18.6. The fraction of sp³-hybridized carbons (Fsp3) is 0.450. The van der Waals surface area contributed by atoms with Crippen molar-refractivity contribution >= 4 is 46.2 Å². The summed E-state index contributed by atoms with van der Waals surface area (Å²) in [5.74, 6) is -0.811. The van der Waals surface area contributed by atoms with Crippen LogP contribution in [0.15, 0.2) is 46.0 Å². The summed E-state index contributed by atoms with van der Waals surface area (Å²) in [6, 6.07) is 9.60. The van der Waals surface area contributed by atoms with Crippen LogP contribution in [0.3, 0.4) is 0 Å². The predicted molar refractivity (Wildman–Crippen MR) is 117 cm³/mol. The van der Waals surface area contributed by atoms with Crippen molar-refractivity contribution in [2.45, 2.75) is 37.9 Å². The molecule has 0 N–H and O–H groups in total. The fourth-order valence-corrected chi connectivity index (χ4v) is 6.04. The van der Waals surface area contributed by atoms with Gasteiger partial charge in [0.1, 0.15) is 4.91 Å². The molecule has 156 valence electrons. The summed E-state index contributed by atoms with van der Waals surface area (Å²) < 4.78 is 9.65. The molecular weight excluding hydrogens is 410 g/mol. The average molecular weight is 436 g/mol. The number of hydrogen-bond donors (Lipinski definition) is 0. The molecule has 1 aromatic carbocycles. The number of carbonyl (C=O) groups excluding carboxylic acids is 2. The van der Waals surface area contributed by atoms with E-state index in [2.05, 4.69) is 12.0 Å². The zero-order chi connectivity index (χ0) is 21.0. The van der Waals surface area contributed by atoms with Gasteiger partial charge in [0, 0.05) is 12.7 Å². The Hall–Kier alpha value is -2.13. The van der Waals surface area contributed by atoms with Crippen LogP contribution in [0, 0.1) is 0 Å². The van der Waals surface area contributed by atoms with Crippen molar-refractivity contribution in [2.24, 2.45) is 5.10 Å². The highest BCUT2D eigenvalue weighted by Gasteiger charge is 2.57. The quantitative estimate of drug-likeness (QED) is 0.596. The van der Waals surface area contributed by atoms with Crippen LogP contribution in [0.1, 0.15) is 33.6 Å². The van der Waals surface area contributed by atoms with E-state index < -0.39 is 10.3 Å². The zero-order valence-electron chi connectivity index (χ0n) is 17.0. The minimum Gasteiger partial charge on any atom is -0.462 e. The summed E-state index contributed by atoms with van der Waals surface area (Å²) in [6.07, 6.45) is 1.60. The first-order valence-corrected chi connectivity index (χ1v) is 11.2. The Morgan fingerprint density at radius 1 is 1.03 bits per heavy atom. The molecule has 29 heavy (non-hydrogen) atoms. The molecule has 0 bridgehead atoms. The van der Waals surface area contributed by atoms with Crippen LogP contribution >= 0.6 is 23.5 Å². The molecule has 0 fully saturated rings. The van der Waals surface area contributed by atoms with Gasteiger partial charge in [-0.25, -0.2) is 14.6 Å². The highest BCUT2D eigenvalue weighted by Crippen LogP contribution is 2.59. The lowest BCUT2D eigenvalue weighted by Crippen LogP contribution is -2.47. The largest absolute Gasteiger partial charge is 0.462 e. The second-order valence-corrected chi connectivity index (χ2v) is 8.93. The van der Waals surface area contributed by atoms with E-state index in [1.807, 2.05) is 42.3 Å². The molecule has 3 rings (SSSR count). The summed E-state index contributed by atoms with van der Waals surface area (Å²) in [7, 11) is 1.93. The van der Waals surface area contributed by atoms with Crippen molar-refractivity contribution in [1.29, 1.82) is 0 Å². The number of esters is 2. The van der Waals surface area contributed by atoms with E-state index in [4.69, 9.17) is 9.47 Å². The Morgan fingerprint density at radius 2 is 1.69 bits per heavy atom. The molecule has 0 saturated heterocycles. The minimum absolute atomic E-state index is 0.260. The van der Waals surface area contributed by atoms with Crippen molar-refractivity contribution < 1.29 is 19.1 Å². The fourth-order valence-electron chi connectivity index (χ4n) is 3.14. The van der Waals surface area contributed by atoms with E-state index in [9.17, 15) is 9.59 Å². The molecule has 0 aliphatic carbocycles. The molecule has 0 saturated carbocycles. The Kier molecular flexibility index (Phi) is 6.79. The standard InChI is InChI=1S/C20H25N3O4S2/c1-5-11-15-16(18(24)26-6-2)28-20(22(15)4)23(14-12-9-8-10-13-14)21-17(29-20)19(25)27-7-3/h8-10,12-13H,5-7,11H2,1-4H3/t20-/m1/s1. The Labute approximate surface area is 179 Å². The third-order valence-corrected chi connectivity index (χ3v) is 7.39. The summed E-state index contributed by atoms with van der Waals surface area (Å²) in [4.78, 5) is 27.7. The number of rotatable bonds is 7. The van der Waals surface area contributed by atoms with Gasteiger partial charge in [0.25, 0.3) is 0 Å². The molecule has 2 aliphatic heterocycles. The molecule has 2 aliphatic rings. The maximum atomic E-state index is 12.7. The van der Waals surface area contributed by atoms with E-state index >= 15 is 0 Å². The van der Waals surface area contributed by atoms with Gasteiger partial charge in [-0.3, -0.25) is 0 Å². The number of carbonyl (C=O) groups is 2. The van der Waals surface area contributed by atoms with Crippen LogP contribution < -0.4 is 5.01 Å². The Morgan fingerprint density at radius 3 is 2.31 bits per heavy atom. The number of allylic oxidation sites excluding steroid dienone is 1. The normalized spacial score (nSPS) is 21.0. The highest BCUT2D eigenvalue weighted by atomic mass is 32.2. The summed E-state index contributed by atoms with van der Waals surface area (Å²) in [5.41, 5.74) is 1.71. The number of nitrogens with zero attached hydrogens (tertiary/aromatic N) is 3. The number of hydrazone groups is 1. The molecule has 0 unspecified atom stereocenters. The number of anilines is 1. The van der Waals surface area contributed by atoms with Crippen molar-refractivity contribution in [2.75, 3.05) is 25.3 Å². The van der Waals surface area contributed by atoms with Gasteiger partial charge in [-0.05, 0) is 44.2 Å². The number of hydrogen-bond acceptors (Lipinski definition) is 9. The van der Waals surface area contributed by atoms with E-state index in [1.165, 1.54) is 23.5 Å². The van der Waals surface area contributed by atoms with Gasteiger partial charge in [-0.1, -0.05) is 43.3 Å². The molecular formula is C20H25N3O4S2. The van der Waals surface area contributed by atoms with E-state index in [-0.39, 0.29) is 17.6 Å². The first-order valence-electron chi connectivity index (χ1n) is 9.61. The topological polar surface area (TPSA) is 71.4 Å². The van der Waals surface area contributed by atoms with Crippen molar-refractivity contribution in [3.8, 4) is 0 Å². The Bertz CT molecular complexity index is 843. The van der Waals surface area contributed by atoms with Crippen LogP contribution in [-0.2, 0) is 19.1 Å². The average Bonchev–Trinajstić information content (AvgIpc) is 3.24. The lowest BCUT2D eigenvalue weighted by molar-refractivity contribution is -0.137. The first kappa shape index (κ1) is 21.6. The van der Waals surface area contributed by atoms with Gasteiger partial charge in [-0.2, -0.15) is 5.10 Å². The number of para-hydroxylation sites is 1. The van der Waals surface area contributed by atoms with Crippen LogP contribution in [0.5, 0.6) is 0 Å². The second kappa shape index (κ2) is 9.13. The molecule has 1 aromatic rings. The molecule has 2 heterocycles. The first-order chi connectivity index (χ1) is 14.0. The van der Waals surface area contributed by atoms with Crippen molar-refractivity contribution in [3.63, 3.8) is 0 Å². The van der Waals surface area contributed by atoms with E-state index in [0.29, 0.717) is 11.5 Å².